The van der Waals surface area contributed by atoms with Crippen LogP contribution in [0.5, 0.6) is 0 Å². The number of H-pyrrole nitrogens is 1. The molecule has 1 aromatic heterocycles. The first-order valence-corrected chi connectivity index (χ1v) is 10.0. The lowest BCUT2D eigenvalue weighted by Crippen LogP contribution is -2.43. The van der Waals surface area contributed by atoms with Crippen LogP contribution in [0.15, 0.2) is 28.7 Å². The topological polar surface area (TPSA) is 74.4 Å². The van der Waals surface area contributed by atoms with Crippen LogP contribution in [0.25, 0.3) is 10.9 Å². The number of nitrogens with zero attached hydrogens (tertiary/aromatic N) is 1. The fourth-order valence-electron chi connectivity index (χ4n) is 3.20. The molecule has 0 aliphatic carbocycles. The first-order chi connectivity index (χ1) is 12.7. The number of halogens is 1. The van der Waals surface area contributed by atoms with E-state index in [4.69, 9.17) is 4.74 Å². The van der Waals surface area contributed by atoms with E-state index in [0.717, 1.165) is 28.2 Å². The summed E-state index contributed by atoms with van der Waals surface area (Å²) in [6, 6.07) is 7.73. The van der Waals surface area contributed by atoms with Gasteiger partial charge in [0, 0.05) is 35.0 Å². The van der Waals surface area contributed by atoms with Crippen molar-refractivity contribution in [3.8, 4) is 0 Å². The number of fused-ring (bicyclic) bond motifs is 1. The maximum Gasteiger partial charge on any atom is 0.410 e. The van der Waals surface area contributed by atoms with Gasteiger partial charge in [-0.05, 0) is 63.8 Å². The first kappa shape index (κ1) is 19.7. The van der Waals surface area contributed by atoms with Crippen molar-refractivity contribution >= 4 is 38.8 Å². The van der Waals surface area contributed by atoms with Crippen molar-refractivity contribution in [2.45, 2.75) is 39.2 Å². The van der Waals surface area contributed by atoms with Crippen molar-refractivity contribution in [1.82, 2.24) is 15.2 Å². The first-order valence-electron chi connectivity index (χ1n) is 9.26. The van der Waals surface area contributed by atoms with E-state index in [1.807, 2.05) is 45.0 Å². The summed E-state index contributed by atoms with van der Waals surface area (Å²) >= 11 is 3.44. The SMILES string of the molecule is CC(C)(C)OC(=O)N1CCC(CNC(=O)c2cc3cc(Br)ccc3[nH]2)CC1. The maximum atomic E-state index is 12.4. The summed E-state index contributed by atoms with van der Waals surface area (Å²) < 4.78 is 6.40. The van der Waals surface area contributed by atoms with E-state index in [2.05, 4.69) is 26.2 Å². The van der Waals surface area contributed by atoms with Crippen LogP contribution in [0, 0.1) is 5.92 Å². The highest BCUT2D eigenvalue weighted by atomic mass is 79.9. The second-order valence-corrected chi connectivity index (χ2v) is 8.95. The molecule has 0 saturated carbocycles. The van der Waals surface area contributed by atoms with Crippen molar-refractivity contribution in [3.05, 3.63) is 34.4 Å². The third-order valence-electron chi connectivity index (χ3n) is 4.64. The minimum Gasteiger partial charge on any atom is -0.444 e. The van der Waals surface area contributed by atoms with Crippen LogP contribution in [0.3, 0.4) is 0 Å². The molecule has 2 N–H and O–H groups in total. The van der Waals surface area contributed by atoms with Gasteiger partial charge in [0.15, 0.2) is 0 Å². The lowest BCUT2D eigenvalue weighted by Gasteiger charge is -2.33. The van der Waals surface area contributed by atoms with E-state index in [-0.39, 0.29) is 12.0 Å². The molecule has 0 unspecified atom stereocenters. The number of carbonyl (C=O) groups is 2. The third-order valence-corrected chi connectivity index (χ3v) is 5.14. The predicted molar refractivity (Wildman–Crippen MR) is 109 cm³/mol. The molecule has 1 saturated heterocycles. The number of aromatic nitrogens is 1. The van der Waals surface area contributed by atoms with E-state index in [1.165, 1.54) is 0 Å². The number of ether oxygens (including phenoxy) is 1. The van der Waals surface area contributed by atoms with Gasteiger partial charge in [-0.2, -0.15) is 0 Å². The van der Waals surface area contributed by atoms with E-state index >= 15 is 0 Å². The number of hydrogen-bond donors (Lipinski definition) is 2. The van der Waals surface area contributed by atoms with Crippen LogP contribution in [-0.4, -0.2) is 47.1 Å². The Morgan fingerprint density at radius 3 is 2.63 bits per heavy atom. The number of piperidine rings is 1. The largest absolute Gasteiger partial charge is 0.444 e. The summed E-state index contributed by atoms with van der Waals surface area (Å²) in [5, 5.41) is 4.01. The van der Waals surface area contributed by atoms with Crippen molar-refractivity contribution in [2.24, 2.45) is 5.92 Å². The summed E-state index contributed by atoms with van der Waals surface area (Å²) in [4.78, 5) is 29.4. The Kier molecular flexibility index (Phi) is 5.79. The van der Waals surface area contributed by atoms with Gasteiger partial charge in [0.2, 0.25) is 0 Å². The summed E-state index contributed by atoms with van der Waals surface area (Å²) in [7, 11) is 0. The zero-order valence-corrected chi connectivity index (χ0v) is 17.6. The fraction of sp³-hybridized carbons (Fsp3) is 0.500. The molecule has 1 aliphatic rings. The quantitative estimate of drug-likeness (QED) is 0.753. The van der Waals surface area contributed by atoms with E-state index in [1.54, 1.807) is 4.90 Å². The van der Waals surface area contributed by atoms with E-state index in [0.29, 0.717) is 31.2 Å². The van der Waals surface area contributed by atoms with Gasteiger partial charge in [-0.3, -0.25) is 4.79 Å². The average molecular weight is 436 g/mol. The fourth-order valence-corrected chi connectivity index (χ4v) is 3.58. The molecule has 146 valence electrons. The van der Waals surface area contributed by atoms with Gasteiger partial charge >= 0.3 is 6.09 Å². The molecule has 0 spiro atoms. The number of carbonyl (C=O) groups excluding carboxylic acids is 2. The summed E-state index contributed by atoms with van der Waals surface area (Å²) in [6.45, 7) is 7.55. The summed E-state index contributed by atoms with van der Waals surface area (Å²) in [5.74, 6) is 0.267. The minimum absolute atomic E-state index is 0.100. The third kappa shape index (κ3) is 5.25. The smallest absolute Gasteiger partial charge is 0.410 e. The van der Waals surface area contributed by atoms with Crippen LogP contribution in [0.4, 0.5) is 4.79 Å². The van der Waals surface area contributed by atoms with Crippen LogP contribution in [-0.2, 0) is 4.74 Å². The standard InChI is InChI=1S/C20H26BrN3O3/c1-20(2,3)27-19(26)24-8-6-13(7-9-24)12-22-18(25)17-11-14-10-15(21)4-5-16(14)23-17/h4-5,10-11,13,23H,6-9,12H2,1-3H3,(H,22,25). The van der Waals surface area contributed by atoms with Gasteiger partial charge in [-0.15, -0.1) is 0 Å². The lowest BCUT2D eigenvalue weighted by atomic mass is 9.97. The maximum absolute atomic E-state index is 12.4. The normalized spacial score (nSPS) is 15.8. The number of likely N-dealkylation sites (tertiary alicyclic amines) is 1. The van der Waals surface area contributed by atoms with Gasteiger partial charge in [0.25, 0.3) is 5.91 Å². The molecule has 27 heavy (non-hydrogen) atoms. The second-order valence-electron chi connectivity index (χ2n) is 8.04. The number of benzene rings is 1. The number of rotatable bonds is 3. The Labute approximate surface area is 167 Å². The molecular formula is C20H26BrN3O3. The Morgan fingerprint density at radius 1 is 1.26 bits per heavy atom. The second kappa shape index (κ2) is 7.92. The molecule has 1 aliphatic heterocycles. The molecule has 7 heteroatoms. The van der Waals surface area contributed by atoms with Crippen molar-refractivity contribution in [2.75, 3.05) is 19.6 Å². The van der Waals surface area contributed by atoms with Crippen LogP contribution < -0.4 is 5.32 Å². The van der Waals surface area contributed by atoms with Gasteiger partial charge in [-0.25, -0.2) is 4.79 Å². The van der Waals surface area contributed by atoms with Gasteiger partial charge in [0.05, 0.1) is 0 Å². The van der Waals surface area contributed by atoms with Crippen molar-refractivity contribution in [3.63, 3.8) is 0 Å². The Balaban J connectivity index is 1.48. The van der Waals surface area contributed by atoms with Crippen LogP contribution in [0.2, 0.25) is 0 Å². The molecule has 3 rings (SSSR count). The Hall–Kier alpha value is -2.02. The number of amides is 2. The zero-order valence-electron chi connectivity index (χ0n) is 16.0. The lowest BCUT2D eigenvalue weighted by molar-refractivity contribution is 0.0183. The van der Waals surface area contributed by atoms with Crippen molar-refractivity contribution in [1.29, 1.82) is 0 Å². The predicted octanol–water partition coefficient (Wildman–Crippen LogP) is 4.31. The number of aromatic amines is 1. The molecule has 0 radical (unpaired) electrons. The Bertz CT molecular complexity index is 833. The zero-order chi connectivity index (χ0) is 19.6. The molecule has 0 atom stereocenters. The van der Waals surface area contributed by atoms with Crippen LogP contribution in [0.1, 0.15) is 44.1 Å². The van der Waals surface area contributed by atoms with Crippen molar-refractivity contribution < 1.29 is 14.3 Å². The summed E-state index contributed by atoms with van der Waals surface area (Å²) in [6.07, 6.45) is 1.47. The molecule has 1 aromatic carbocycles. The number of nitrogens with one attached hydrogen (secondary N) is 2. The molecule has 1 fully saturated rings. The monoisotopic (exact) mass is 435 g/mol. The van der Waals surface area contributed by atoms with Gasteiger partial charge in [-0.1, -0.05) is 15.9 Å². The molecule has 0 bridgehead atoms. The van der Waals surface area contributed by atoms with Gasteiger partial charge in [0.1, 0.15) is 11.3 Å². The average Bonchev–Trinajstić information content (AvgIpc) is 3.01. The summed E-state index contributed by atoms with van der Waals surface area (Å²) in [5.41, 5.74) is 1.03. The highest BCUT2D eigenvalue weighted by Gasteiger charge is 2.27. The van der Waals surface area contributed by atoms with Gasteiger partial charge < -0.3 is 19.9 Å². The van der Waals surface area contributed by atoms with E-state index < -0.39 is 5.60 Å². The molecule has 2 aromatic rings. The van der Waals surface area contributed by atoms with Crippen LogP contribution >= 0.6 is 15.9 Å². The molecule has 6 nitrogen and oxygen atoms in total. The number of hydrogen-bond acceptors (Lipinski definition) is 3. The Morgan fingerprint density at radius 2 is 1.96 bits per heavy atom. The minimum atomic E-state index is -0.475. The highest BCUT2D eigenvalue weighted by Crippen LogP contribution is 2.21. The van der Waals surface area contributed by atoms with E-state index in [9.17, 15) is 9.59 Å². The molecule has 2 amide bonds. The molecule has 2 heterocycles. The molecular weight excluding hydrogens is 410 g/mol. The highest BCUT2D eigenvalue weighted by molar-refractivity contribution is 9.10.